The van der Waals surface area contributed by atoms with E-state index in [0.29, 0.717) is 12.8 Å². The second-order valence-electron chi connectivity index (χ2n) is 5.25. The minimum atomic E-state index is -4.10. The van der Waals surface area contributed by atoms with Gasteiger partial charge in [0.2, 0.25) is 0 Å². The molecule has 0 aliphatic heterocycles. The molecule has 6 heteroatoms. The first kappa shape index (κ1) is 14.8. The lowest BCUT2D eigenvalue weighted by Gasteiger charge is -2.35. The quantitative estimate of drug-likeness (QED) is 0.902. The lowest BCUT2D eigenvalue weighted by atomic mass is 9.83. The van der Waals surface area contributed by atoms with Gasteiger partial charge in [0.25, 0.3) is 0 Å². The van der Waals surface area contributed by atoms with Crippen molar-refractivity contribution in [1.29, 1.82) is 0 Å². The molecule has 1 aromatic heterocycles. The Balaban J connectivity index is 2.03. The van der Waals surface area contributed by atoms with Crippen molar-refractivity contribution >= 4 is 11.3 Å². The van der Waals surface area contributed by atoms with Crippen molar-refractivity contribution in [3.63, 3.8) is 0 Å². The minimum absolute atomic E-state index is 0.119. The van der Waals surface area contributed by atoms with E-state index in [9.17, 15) is 13.2 Å². The van der Waals surface area contributed by atoms with Crippen LogP contribution in [0.25, 0.3) is 0 Å². The van der Waals surface area contributed by atoms with Crippen molar-refractivity contribution in [3.05, 3.63) is 16.1 Å². The number of alkyl halides is 3. The standard InChI is InChI=1S/C13H19F3N2S/c1-8-7-19-12(17-8)9(2)18-11-6-4-3-5-10(11)13(14,15)16/h7,9-11,18H,3-6H2,1-2H3. The molecule has 1 heterocycles. The summed E-state index contributed by atoms with van der Waals surface area (Å²) < 4.78 is 39.0. The predicted molar refractivity (Wildman–Crippen MR) is 70.2 cm³/mol. The maximum Gasteiger partial charge on any atom is 0.393 e. The summed E-state index contributed by atoms with van der Waals surface area (Å²) >= 11 is 1.50. The number of aryl methyl sites for hydroxylation is 1. The molecule has 0 amide bonds. The van der Waals surface area contributed by atoms with Crippen LogP contribution >= 0.6 is 11.3 Å². The molecule has 2 rings (SSSR count). The Hall–Kier alpha value is -0.620. The molecule has 2 nitrogen and oxygen atoms in total. The Morgan fingerprint density at radius 2 is 2.05 bits per heavy atom. The van der Waals surface area contributed by atoms with E-state index in [1.54, 1.807) is 0 Å². The van der Waals surface area contributed by atoms with E-state index in [0.717, 1.165) is 17.1 Å². The molecular formula is C13H19F3N2S. The van der Waals surface area contributed by atoms with E-state index >= 15 is 0 Å². The summed E-state index contributed by atoms with van der Waals surface area (Å²) in [5.41, 5.74) is 0.921. The number of hydrogen-bond donors (Lipinski definition) is 1. The van der Waals surface area contributed by atoms with Gasteiger partial charge in [0.15, 0.2) is 0 Å². The number of nitrogens with one attached hydrogen (secondary N) is 1. The summed E-state index contributed by atoms with van der Waals surface area (Å²) in [6.45, 7) is 3.78. The first-order valence-electron chi connectivity index (χ1n) is 6.62. The second kappa shape index (κ2) is 5.79. The van der Waals surface area contributed by atoms with Crippen LogP contribution < -0.4 is 5.32 Å². The molecule has 1 aliphatic carbocycles. The summed E-state index contributed by atoms with van der Waals surface area (Å²) in [6.07, 6.45) is -1.72. The summed E-state index contributed by atoms with van der Waals surface area (Å²) in [7, 11) is 0. The fourth-order valence-corrected chi connectivity index (χ4v) is 3.50. The smallest absolute Gasteiger partial charge is 0.305 e. The zero-order valence-electron chi connectivity index (χ0n) is 11.1. The molecule has 0 saturated heterocycles. The molecule has 1 fully saturated rings. The molecule has 0 radical (unpaired) electrons. The van der Waals surface area contributed by atoms with Crippen LogP contribution in [0.1, 0.15) is 49.4 Å². The Morgan fingerprint density at radius 1 is 1.37 bits per heavy atom. The van der Waals surface area contributed by atoms with E-state index < -0.39 is 18.1 Å². The molecule has 0 bridgehead atoms. The molecule has 3 atom stereocenters. The van der Waals surface area contributed by atoms with Gasteiger partial charge in [0, 0.05) is 17.1 Å². The van der Waals surface area contributed by atoms with Gasteiger partial charge in [-0.25, -0.2) is 4.98 Å². The number of thiazole rings is 1. The van der Waals surface area contributed by atoms with E-state index in [-0.39, 0.29) is 12.5 Å². The molecule has 3 unspecified atom stereocenters. The molecule has 1 aromatic rings. The van der Waals surface area contributed by atoms with Crippen molar-refractivity contribution in [1.82, 2.24) is 10.3 Å². The molecule has 1 aliphatic rings. The van der Waals surface area contributed by atoms with Gasteiger partial charge in [-0.1, -0.05) is 12.8 Å². The highest BCUT2D eigenvalue weighted by Crippen LogP contribution is 2.38. The molecule has 108 valence electrons. The average Bonchev–Trinajstić information content (AvgIpc) is 2.75. The van der Waals surface area contributed by atoms with Crippen LogP contribution in [0, 0.1) is 12.8 Å². The van der Waals surface area contributed by atoms with Crippen LogP contribution in [0.15, 0.2) is 5.38 Å². The molecule has 1 N–H and O–H groups in total. The van der Waals surface area contributed by atoms with Crippen LogP contribution in [0.3, 0.4) is 0 Å². The third-order valence-corrected chi connectivity index (χ3v) is 4.80. The number of hydrogen-bond acceptors (Lipinski definition) is 3. The van der Waals surface area contributed by atoms with E-state index in [1.807, 2.05) is 19.2 Å². The van der Waals surface area contributed by atoms with E-state index in [2.05, 4.69) is 10.3 Å². The molecule has 1 saturated carbocycles. The largest absolute Gasteiger partial charge is 0.393 e. The van der Waals surface area contributed by atoms with Crippen molar-refractivity contribution in [3.8, 4) is 0 Å². The third kappa shape index (κ3) is 3.69. The topological polar surface area (TPSA) is 24.9 Å². The van der Waals surface area contributed by atoms with Gasteiger partial charge >= 0.3 is 6.18 Å². The Labute approximate surface area is 115 Å². The summed E-state index contributed by atoms with van der Waals surface area (Å²) in [5.74, 6) is -1.22. The highest BCUT2D eigenvalue weighted by molar-refractivity contribution is 7.09. The second-order valence-corrected chi connectivity index (χ2v) is 6.14. The van der Waals surface area contributed by atoms with Crippen LogP contribution in [-0.4, -0.2) is 17.2 Å². The van der Waals surface area contributed by atoms with Crippen LogP contribution in [-0.2, 0) is 0 Å². The lowest BCUT2D eigenvalue weighted by molar-refractivity contribution is -0.189. The molecule has 0 spiro atoms. The monoisotopic (exact) mass is 292 g/mol. The zero-order valence-corrected chi connectivity index (χ0v) is 11.9. The Morgan fingerprint density at radius 3 is 2.63 bits per heavy atom. The summed E-state index contributed by atoms with van der Waals surface area (Å²) in [4.78, 5) is 4.34. The van der Waals surface area contributed by atoms with Gasteiger partial charge in [0.1, 0.15) is 5.01 Å². The van der Waals surface area contributed by atoms with Gasteiger partial charge in [-0.3, -0.25) is 0 Å². The van der Waals surface area contributed by atoms with Crippen molar-refractivity contribution in [2.75, 3.05) is 0 Å². The van der Waals surface area contributed by atoms with Gasteiger partial charge < -0.3 is 5.32 Å². The Kier molecular flexibility index (Phi) is 4.50. The van der Waals surface area contributed by atoms with Crippen molar-refractivity contribution in [2.24, 2.45) is 5.92 Å². The summed E-state index contributed by atoms with van der Waals surface area (Å²) in [6, 6.07) is -0.598. The molecule has 0 aromatic carbocycles. The number of rotatable bonds is 3. The minimum Gasteiger partial charge on any atom is -0.305 e. The van der Waals surface area contributed by atoms with E-state index in [1.165, 1.54) is 11.3 Å². The molecular weight excluding hydrogens is 273 g/mol. The molecule has 19 heavy (non-hydrogen) atoms. The zero-order chi connectivity index (χ0) is 14.0. The van der Waals surface area contributed by atoms with Crippen LogP contribution in [0.4, 0.5) is 13.2 Å². The van der Waals surface area contributed by atoms with Crippen molar-refractivity contribution in [2.45, 2.75) is 57.8 Å². The highest BCUT2D eigenvalue weighted by Gasteiger charge is 2.45. The maximum absolute atomic E-state index is 13.0. The van der Waals surface area contributed by atoms with Gasteiger partial charge in [-0.15, -0.1) is 11.3 Å². The SMILES string of the molecule is Cc1csc(C(C)NC2CCCCC2C(F)(F)F)n1. The maximum atomic E-state index is 13.0. The average molecular weight is 292 g/mol. The fourth-order valence-electron chi connectivity index (χ4n) is 2.69. The highest BCUT2D eigenvalue weighted by atomic mass is 32.1. The van der Waals surface area contributed by atoms with E-state index in [4.69, 9.17) is 0 Å². The van der Waals surface area contributed by atoms with Crippen molar-refractivity contribution < 1.29 is 13.2 Å². The fraction of sp³-hybridized carbons (Fsp3) is 0.769. The first-order chi connectivity index (χ1) is 8.88. The van der Waals surface area contributed by atoms with Gasteiger partial charge in [-0.2, -0.15) is 13.2 Å². The normalized spacial score (nSPS) is 26.4. The number of halogens is 3. The number of nitrogens with zero attached hydrogens (tertiary/aromatic N) is 1. The summed E-state index contributed by atoms with van der Waals surface area (Å²) in [5, 5.41) is 5.92. The van der Waals surface area contributed by atoms with Gasteiger partial charge in [0.05, 0.1) is 12.0 Å². The van der Waals surface area contributed by atoms with Gasteiger partial charge in [-0.05, 0) is 26.7 Å². The predicted octanol–water partition coefficient (Wildman–Crippen LogP) is 4.22. The first-order valence-corrected chi connectivity index (χ1v) is 7.50. The third-order valence-electron chi connectivity index (χ3n) is 3.66. The Bertz CT molecular complexity index is 416. The lowest BCUT2D eigenvalue weighted by Crippen LogP contribution is -2.46. The van der Waals surface area contributed by atoms with Crippen LogP contribution in [0.5, 0.6) is 0 Å². The number of aromatic nitrogens is 1. The van der Waals surface area contributed by atoms with Crippen LogP contribution in [0.2, 0.25) is 0 Å².